The van der Waals surface area contributed by atoms with Crippen LogP contribution in [0.2, 0.25) is 0 Å². The predicted octanol–water partition coefficient (Wildman–Crippen LogP) is 0.297. The fourth-order valence-corrected chi connectivity index (χ4v) is 0.986. The quantitative estimate of drug-likeness (QED) is 0.758. The molecule has 1 heterocycles. The molecule has 0 saturated heterocycles. The molecule has 5 heteroatoms. The average molecular weight is 207 g/mol. The molecule has 0 amide bonds. The van der Waals surface area contributed by atoms with Gasteiger partial charge in [0.05, 0.1) is 0 Å². The minimum atomic E-state index is -1.65. The zero-order valence-electron chi connectivity index (χ0n) is 7.72. The van der Waals surface area contributed by atoms with Gasteiger partial charge in [0.25, 0.3) is 0 Å². The summed E-state index contributed by atoms with van der Waals surface area (Å²) in [5, 5.41) is 10.2. The average Bonchev–Trinajstić information content (AvgIpc) is 2.31. The van der Waals surface area contributed by atoms with Gasteiger partial charge in [-0.15, -0.1) is 5.10 Å². The van der Waals surface area contributed by atoms with Gasteiger partial charge in [0.15, 0.2) is 4.60 Å². The van der Waals surface area contributed by atoms with Gasteiger partial charge < -0.3 is 5.32 Å². The van der Waals surface area contributed by atoms with Gasteiger partial charge in [0, 0.05) is 16.3 Å². The summed E-state index contributed by atoms with van der Waals surface area (Å²) in [5.41, 5.74) is 0.257. The Balaban J connectivity index is 3.09. The van der Waals surface area contributed by atoms with E-state index in [2.05, 4.69) is 31.4 Å². The van der Waals surface area contributed by atoms with Crippen LogP contribution < -0.4 is 5.32 Å². The molecule has 0 unspecified atom stereocenters. The smallest absolute Gasteiger partial charge is 0.152 e. The highest BCUT2D eigenvalue weighted by atomic mass is 79.9. The molecule has 0 aromatic carbocycles. The molecule has 0 aliphatic heterocycles. The number of hydrogen-bond donors (Lipinski definition) is 1. The van der Waals surface area contributed by atoms with Crippen molar-refractivity contribution in [3.63, 3.8) is 0 Å². The lowest BCUT2D eigenvalue weighted by Gasteiger charge is -1.90. The zero-order chi connectivity index (χ0) is 9.35. The van der Waals surface area contributed by atoms with Crippen LogP contribution in [0.3, 0.4) is 0 Å². The SMILES string of the molecule is [2H]C([2H])(NC)c1nn(C)nc1Br. The van der Waals surface area contributed by atoms with E-state index in [1.807, 2.05) is 0 Å². The van der Waals surface area contributed by atoms with Crippen LogP contribution >= 0.6 is 15.9 Å². The second-order valence-corrected chi connectivity index (χ2v) is 2.45. The van der Waals surface area contributed by atoms with Crippen molar-refractivity contribution in [1.82, 2.24) is 20.3 Å². The Labute approximate surface area is 70.5 Å². The van der Waals surface area contributed by atoms with E-state index in [1.165, 1.54) is 11.8 Å². The number of nitrogens with one attached hydrogen (secondary N) is 1. The molecule has 0 spiro atoms. The van der Waals surface area contributed by atoms with Gasteiger partial charge in [-0.05, 0) is 23.0 Å². The summed E-state index contributed by atoms with van der Waals surface area (Å²) in [4.78, 5) is 1.31. The molecule has 1 aromatic heterocycles. The molecule has 1 N–H and O–H groups in total. The molecule has 0 fully saturated rings. The number of halogens is 1. The van der Waals surface area contributed by atoms with Crippen LogP contribution in [0.25, 0.3) is 0 Å². The van der Waals surface area contributed by atoms with Crippen molar-refractivity contribution in [2.24, 2.45) is 7.05 Å². The Hall–Kier alpha value is -0.420. The lowest BCUT2D eigenvalue weighted by atomic mass is 10.5. The summed E-state index contributed by atoms with van der Waals surface area (Å²) in [6, 6.07) is 0. The summed E-state index contributed by atoms with van der Waals surface area (Å²) in [7, 11) is 3.17. The third-order valence-electron chi connectivity index (χ3n) is 0.916. The van der Waals surface area contributed by atoms with Crippen molar-refractivity contribution in [1.29, 1.82) is 0 Å². The second kappa shape index (κ2) is 3.12. The fraction of sp³-hybridized carbons (Fsp3) is 0.600. The largest absolute Gasteiger partial charge is 0.314 e. The topological polar surface area (TPSA) is 42.7 Å². The van der Waals surface area contributed by atoms with Gasteiger partial charge in [0.1, 0.15) is 5.69 Å². The van der Waals surface area contributed by atoms with E-state index in [-0.39, 0.29) is 5.69 Å². The van der Waals surface area contributed by atoms with Crippen LogP contribution in [0.5, 0.6) is 0 Å². The van der Waals surface area contributed by atoms with E-state index in [4.69, 9.17) is 2.74 Å². The van der Waals surface area contributed by atoms with Crippen LogP contribution in [0, 0.1) is 0 Å². The Bertz CT molecular complexity index is 285. The van der Waals surface area contributed by atoms with Gasteiger partial charge in [-0.2, -0.15) is 9.90 Å². The van der Waals surface area contributed by atoms with Crippen LogP contribution in [-0.4, -0.2) is 22.0 Å². The number of aromatic nitrogens is 3. The van der Waals surface area contributed by atoms with Crippen LogP contribution in [0.4, 0.5) is 0 Å². The molecule has 0 radical (unpaired) electrons. The molecule has 0 atom stereocenters. The Morgan fingerprint density at radius 3 is 2.90 bits per heavy atom. The highest BCUT2D eigenvalue weighted by Crippen LogP contribution is 2.08. The molecule has 1 rings (SSSR count). The normalized spacial score (nSPS) is 14.7. The van der Waals surface area contributed by atoms with Gasteiger partial charge in [-0.25, -0.2) is 0 Å². The van der Waals surface area contributed by atoms with E-state index in [1.54, 1.807) is 7.05 Å². The molecular weight excluding hydrogens is 196 g/mol. The van der Waals surface area contributed by atoms with E-state index in [9.17, 15) is 0 Å². The Morgan fingerprint density at radius 1 is 1.80 bits per heavy atom. The van der Waals surface area contributed by atoms with Gasteiger partial charge in [-0.3, -0.25) is 0 Å². The van der Waals surface area contributed by atoms with E-state index < -0.39 is 6.50 Å². The summed E-state index contributed by atoms with van der Waals surface area (Å²) in [6.45, 7) is -1.65. The lowest BCUT2D eigenvalue weighted by Crippen LogP contribution is -2.06. The number of rotatable bonds is 2. The first-order valence-electron chi connectivity index (χ1n) is 3.73. The number of hydrogen-bond acceptors (Lipinski definition) is 3. The molecule has 1 aromatic rings. The molecule has 56 valence electrons. The zero-order valence-corrected chi connectivity index (χ0v) is 7.31. The van der Waals surface area contributed by atoms with Crippen LogP contribution in [0.1, 0.15) is 8.44 Å². The Morgan fingerprint density at radius 2 is 2.50 bits per heavy atom. The molecule has 4 nitrogen and oxygen atoms in total. The van der Waals surface area contributed by atoms with Crippen molar-refractivity contribution in [2.75, 3.05) is 7.05 Å². The van der Waals surface area contributed by atoms with Crippen LogP contribution in [-0.2, 0) is 13.5 Å². The highest BCUT2D eigenvalue weighted by molar-refractivity contribution is 9.10. The third kappa shape index (κ3) is 1.54. The first-order valence-corrected chi connectivity index (χ1v) is 3.53. The predicted molar refractivity (Wildman–Crippen MR) is 41.5 cm³/mol. The second-order valence-electron chi connectivity index (χ2n) is 1.70. The Kier molecular flexibility index (Phi) is 1.64. The minimum absolute atomic E-state index is 0.257. The van der Waals surface area contributed by atoms with E-state index in [0.29, 0.717) is 4.60 Å². The van der Waals surface area contributed by atoms with E-state index in [0.717, 1.165) is 0 Å². The van der Waals surface area contributed by atoms with Crippen molar-refractivity contribution < 1.29 is 2.74 Å². The summed E-state index contributed by atoms with van der Waals surface area (Å²) >= 11 is 3.12. The van der Waals surface area contributed by atoms with Crippen molar-refractivity contribution in [3.8, 4) is 0 Å². The van der Waals surface area contributed by atoms with Crippen molar-refractivity contribution in [3.05, 3.63) is 10.3 Å². The molecule has 0 saturated carbocycles. The van der Waals surface area contributed by atoms with Crippen LogP contribution in [0.15, 0.2) is 4.60 Å². The summed E-state index contributed by atoms with van der Waals surface area (Å²) in [6.07, 6.45) is 0. The first kappa shape index (κ1) is 5.26. The molecule has 0 bridgehead atoms. The maximum absolute atomic E-state index is 7.48. The lowest BCUT2D eigenvalue weighted by molar-refractivity contribution is 0.636. The number of nitrogens with zero attached hydrogens (tertiary/aromatic N) is 3. The standard InChI is InChI=1S/C5H9BrN4/c1-7-3-4-5(6)9-10(2)8-4/h7H,3H2,1-2H3/i3D2. The monoisotopic (exact) mass is 206 g/mol. The minimum Gasteiger partial charge on any atom is -0.314 e. The third-order valence-corrected chi connectivity index (χ3v) is 1.45. The number of aryl methyl sites for hydroxylation is 1. The highest BCUT2D eigenvalue weighted by Gasteiger charge is 2.03. The molecular formula is C5H9BrN4. The molecule has 0 aliphatic carbocycles. The van der Waals surface area contributed by atoms with Crippen molar-refractivity contribution in [2.45, 2.75) is 6.50 Å². The molecule has 10 heavy (non-hydrogen) atoms. The first-order chi connectivity index (χ1) is 5.47. The maximum atomic E-state index is 7.48. The summed E-state index contributed by atoms with van der Waals surface area (Å²) in [5.74, 6) is 0. The van der Waals surface area contributed by atoms with Gasteiger partial charge >= 0.3 is 0 Å². The molecule has 0 aliphatic rings. The fourth-order valence-electron chi connectivity index (χ4n) is 0.578. The van der Waals surface area contributed by atoms with Crippen molar-refractivity contribution >= 4 is 15.9 Å². The van der Waals surface area contributed by atoms with Gasteiger partial charge in [0.2, 0.25) is 0 Å². The maximum Gasteiger partial charge on any atom is 0.152 e. The summed E-state index contributed by atoms with van der Waals surface area (Å²) < 4.78 is 15.4. The van der Waals surface area contributed by atoms with E-state index >= 15 is 0 Å². The van der Waals surface area contributed by atoms with Gasteiger partial charge in [-0.1, -0.05) is 0 Å².